The molecule has 0 saturated heterocycles. The second kappa shape index (κ2) is 8.12. The predicted molar refractivity (Wildman–Crippen MR) is 104 cm³/mol. The number of amides is 2. The molecule has 0 fully saturated rings. The number of ether oxygens (including phenoxy) is 1. The molecule has 8 heteroatoms. The average molecular weight is 435 g/mol. The number of carbonyl (C=O) groups excluding carboxylic acids is 2. The number of urea groups is 1. The number of hydrogen-bond donors (Lipinski definition) is 2. The molecular weight excluding hydrogens is 412 g/mol. The first-order valence-corrected chi connectivity index (χ1v) is 9.64. The summed E-state index contributed by atoms with van der Waals surface area (Å²) >= 11 is 3.44. The first-order valence-electron chi connectivity index (χ1n) is 8.85. The summed E-state index contributed by atoms with van der Waals surface area (Å²) in [6, 6.07) is 6.50. The van der Waals surface area contributed by atoms with Gasteiger partial charge in [-0.3, -0.25) is 0 Å². The van der Waals surface area contributed by atoms with Gasteiger partial charge >= 0.3 is 12.0 Å². The number of hydrogen-bond acceptors (Lipinski definition) is 4. The van der Waals surface area contributed by atoms with E-state index in [1.54, 1.807) is 11.2 Å². The highest BCUT2D eigenvalue weighted by atomic mass is 79.9. The molecule has 1 aliphatic rings. The third kappa shape index (κ3) is 4.00. The summed E-state index contributed by atoms with van der Waals surface area (Å²) < 4.78 is 5.80. The maximum atomic E-state index is 13.1. The topological polar surface area (TPSA) is 87.3 Å². The Balaban J connectivity index is 1.91. The number of fused-ring (bicyclic) bond motifs is 1. The highest BCUT2D eigenvalue weighted by molar-refractivity contribution is 9.10. The molecule has 2 amide bonds. The summed E-state index contributed by atoms with van der Waals surface area (Å²) in [5, 5.41) is 2.84. The molecule has 1 aromatic heterocycles. The Morgan fingerprint density at radius 2 is 2.04 bits per heavy atom. The van der Waals surface area contributed by atoms with Crippen LogP contribution in [-0.4, -0.2) is 46.6 Å². The molecule has 1 aromatic carbocycles. The van der Waals surface area contributed by atoms with E-state index >= 15 is 0 Å². The summed E-state index contributed by atoms with van der Waals surface area (Å²) in [7, 11) is 1.32. The first-order chi connectivity index (χ1) is 12.9. The van der Waals surface area contributed by atoms with Crippen LogP contribution in [0.4, 0.5) is 4.79 Å². The molecule has 2 heterocycles. The van der Waals surface area contributed by atoms with Crippen molar-refractivity contribution in [1.29, 1.82) is 0 Å². The van der Waals surface area contributed by atoms with E-state index in [9.17, 15) is 9.59 Å². The summed E-state index contributed by atoms with van der Waals surface area (Å²) in [6.45, 7) is 4.26. The van der Waals surface area contributed by atoms with Crippen molar-refractivity contribution in [3.05, 3.63) is 52.0 Å². The fourth-order valence-corrected chi connectivity index (χ4v) is 3.58. The van der Waals surface area contributed by atoms with Gasteiger partial charge in [0.2, 0.25) is 0 Å². The Kier molecular flexibility index (Phi) is 5.84. The van der Waals surface area contributed by atoms with Crippen LogP contribution in [0.15, 0.2) is 35.1 Å². The summed E-state index contributed by atoms with van der Waals surface area (Å²) in [5.41, 5.74) is 2.82. The Bertz CT molecular complexity index is 819. The maximum absolute atomic E-state index is 13.1. The lowest BCUT2D eigenvalue weighted by Crippen LogP contribution is -2.53. The predicted octanol–water partition coefficient (Wildman–Crippen LogP) is 3.03. The Labute approximate surface area is 166 Å². The Morgan fingerprint density at radius 1 is 1.33 bits per heavy atom. The normalized spacial score (nSPS) is 17.4. The Hall–Kier alpha value is -2.35. The summed E-state index contributed by atoms with van der Waals surface area (Å²) in [6.07, 6.45) is 2.34. The molecule has 3 rings (SSSR count). The van der Waals surface area contributed by atoms with Crippen LogP contribution < -0.4 is 5.32 Å². The van der Waals surface area contributed by atoms with Gasteiger partial charge < -0.3 is 19.9 Å². The summed E-state index contributed by atoms with van der Waals surface area (Å²) in [4.78, 5) is 34.5. The van der Waals surface area contributed by atoms with Crippen LogP contribution in [-0.2, 0) is 16.0 Å². The molecule has 2 atom stereocenters. The quantitative estimate of drug-likeness (QED) is 0.723. The van der Waals surface area contributed by atoms with E-state index in [4.69, 9.17) is 4.74 Å². The number of benzene rings is 1. The number of imidazole rings is 1. The van der Waals surface area contributed by atoms with Gasteiger partial charge in [0.1, 0.15) is 12.1 Å². The molecular formula is C19H23BrN4O3. The zero-order valence-electron chi connectivity index (χ0n) is 15.5. The lowest BCUT2D eigenvalue weighted by Gasteiger charge is -2.36. The van der Waals surface area contributed by atoms with E-state index in [2.05, 4.69) is 31.2 Å². The van der Waals surface area contributed by atoms with E-state index in [-0.39, 0.29) is 18.0 Å². The maximum Gasteiger partial charge on any atom is 0.328 e. The van der Waals surface area contributed by atoms with Crippen molar-refractivity contribution in [2.24, 2.45) is 5.92 Å². The largest absolute Gasteiger partial charge is 0.467 e. The highest BCUT2D eigenvalue weighted by Crippen LogP contribution is 2.34. The van der Waals surface area contributed by atoms with Gasteiger partial charge in [-0.15, -0.1) is 0 Å². The van der Waals surface area contributed by atoms with Gasteiger partial charge in [0.05, 0.1) is 19.1 Å². The fourth-order valence-electron chi connectivity index (χ4n) is 3.32. The molecule has 0 spiro atoms. The molecule has 0 aliphatic carbocycles. The number of aromatic amines is 1. The van der Waals surface area contributed by atoms with Gasteiger partial charge in [0, 0.05) is 23.1 Å². The number of H-pyrrole nitrogens is 1. The number of rotatable bonds is 4. The number of esters is 1. The molecule has 1 aliphatic heterocycles. The standard InChI is InChI=1S/C19H23BrN4O3/c1-11(2)15(18(25)27-3)23-19(26)24-9-8-14-16(22-10-21-14)17(24)12-4-6-13(20)7-5-12/h4-7,10-11,15,17H,8-9H2,1-3H3,(H,21,22)(H,23,26)/t15-,17-/m0/s1. The Morgan fingerprint density at radius 3 is 2.67 bits per heavy atom. The third-order valence-corrected chi connectivity index (χ3v) is 5.30. The lowest BCUT2D eigenvalue weighted by molar-refractivity contribution is -0.144. The second-order valence-electron chi connectivity index (χ2n) is 6.86. The van der Waals surface area contributed by atoms with Gasteiger partial charge in [-0.05, 0) is 23.6 Å². The summed E-state index contributed by atoms with van der Waals surface area (Å²) in [5.74, 6) is -0.533. The van der Waals surface area contributed by atoms with Crippen LogP contribution in [0.2, 0.25) is 0 Å². The fraction of sp³-hybridized carbons (Fsp3) is 0.421. The van der Waals surface area contributed by atoms with Crippen LogP contribution in [0, 0.1) is 5.92 Å². The number of aromatic nitrogens is 2. The van der Waals surface area contributed by atoms with Crippen molar-refractivity contribution in [3.63, 3.8) is 0 Å². The van der Waals surface area contributed by atoms with Crippen molar-refractivity contribution in [3.8, 4) is 0 Å². The number of halogens is 1. The minimum atomic E-state index is -0.700. The first kappa shape index (κ1) is 19.4. The molecule has 2 aromatic rings. The van der Waals surface area contributed by atoms with Gasteiger partial charge in [0.25, 0.3) is 0 Å². The van der Waals surface area contributed by atoms with Crippen LogP contribution >= 0.6 is 15.9 Å². The number of nitrogens with one attached hydrogen (secondary N) is 2. The van der Waals surface area contributed by atoms with Gasteiger partial charge in [-0.25, -0.2) is 14.6 Å². The minimum Gasteiger partial charge on any atom is -0.467 e. The molecule has 27 heavy (non-hydrogen) atoms. The number of nitrogens with zero attached hydrogens (tertiary/aromatic N) is 2. The second-order valence-corrected chi connectivity index (χ2v) is 7.77. The van der Waals surface area contributed by atoms with Crippen molar-refractivity contribution >= 4 is 27.9 Å². The molecule has 144 valence electrons. The molecule has 0 saturated carbocycles. The van der Waals surface area contributed by atoms with E-state index < -0.39 is 12.0 Å². The molecule has 0 radical (unpaired) electrons. The average Bonchev–Trinajstić information content (AvgIpc) is 3.13. The van der Waals surface area contributed by atoms with E-state index in [1.807, 2.05) is 38.1 Å². The van der Waals surface area contributed by atoms with E-state index in [0.29, 0.717) is 13.0 Å². The molecule has 0 bridgehead atoms. The number of carbonyl (C=O) groups is 2. The van der Waals surface area contributed by atoms with Crippen molar-refractivity contribution < 1.29 is 14.3 Å². The van der Waals surface area contributed by atoms with E-state index in [1.165, 1.54) is 7.11 Å². The van der Waals surface area contributed by atoms with Crippen LogP contribution in [0.5, 0.6) is 0 Å². The highest BCUT2D eigenvalue weighted by Gasteiger charge is 2.36. The smallest absolute Gasteiger partial charge is 0.328 e. The SMILES string of the molecule is COC(=O)[C@@H](NC(=O)N1CCc2[nH]cnc2[C@@H]1c1ccc(Br)cc1)C(C)C. The van der Waals surface area contributed by atoms with Crippen molar-refractivity contribution in [1.82, 2.24) is 20.2 Å². The van der Waals surface area contributed by atoms with Gasteiger partial charge in [0.15, 0.2) is 0 Å². The monoisotopic (exact) mass is 434 g/mol. The van der Waals surface area contributed by atoms with Gasteiger partial charge in [-0.1, -0.05) is 41.9 Å². The van der Waals surface area contributed by atoms with Crippen LogP contribution in [0.1, 0.15) is 36.8 Å². The van der Waals surface area contributed by atoms with E-state index in [0.717, 1.165) is 21.4 Å². The van der Waals surface area contributed by atoms with Crippen LogP contribution in [0.3, 0.4) is 0 Å². The zero-order valence-corrected chi connectivity index (χ0v) is 17.1. The van der Waals surface area contributed by atoms with Crippen LogP contribution in [0.25, 0.3) is 0 Å². The molecule has 0 unspecified atom stereocenters. The molecule has 2 N–H and O–H groups in total. The minimum absolute atomic E-state index is 0.0849. The van der Waals surface area contributed by atoms with Crippen molar-refractivity contribution in [2.45, 2.75) is 32.4 Å². The molecule has 7 nitrogen and oxygen atoms in total. The third-order valence-electron chi connectivity index (χ3n) is 4.77. The van der Waals surface area contributed by atoms with Gasteiger partial charge in [-0.2, -0.15) is 0 Å². The zero-order chi connectivity index (χ0) is 19.6. The number of methoxy groups -OCH3 is 1. The van der Waals surface area contributed by atoms with Crippen molar-refractivity contribution in [2.75, 3.05) is 13.7 Å². The lowest BCUT2D eigenvalue weighted by atomic mass is 9.96.